The molecular formula is C25H28O3. The van der Waals surface area contributed by atoms with Crippen LogP contribution in [0, 0.1) is 18.8 Å². The third kappa shape index (κ3) is 5.25. The summed E-state index contributed by atoms with van der Waals surface area (Å²) in [6, 6.07) is 16.1. The molecule has 0 unspecified atom stereocenters. The highest BCUT2D eigenvalue weighted by atomic mass is 16.6. The van der Waals surface area contributed by atoms with Crippen LogP contribution < -0.4 is 4.74 Å². The molecule has 1 saturated heterocycles. The SMILES string of the molecule is Cc1ccc(O[C@@H]2[C@H](O)CO[C@@H]2/C=C/C#Cc2ccc(C(C)(C)C)cc2)cc1. The van der Waals surface area contributed by atoms with Crippen LogP contribution in [0.4, 0.5) is 0 Å². The van der Waals surface area contributed by atoms with Gasteiger partial charge in [-0.15, -0.1) is 0 Å². The number of ether oxygens (including phenoxy) is 2. The molecule has 1 aliphatic heterocycles. The van der Waals surface area contributed by atoms with E-state index < -0.39 is 12.2 Å². The molecule has 0 aliphatic carbocycles. The molecule has 0 saturated carbocycles. The average Bonchev–Trinajstić information content (AvgIpc) is 3.00. The minimum Gasteiger partial charge on any atom is -0.485 e. The molecule has 1 heterocycles. The Kier molecular flexibility index (Phi) is 6.24. The van der Waals surface area contributed by atoms with Crippen LogP contribution in [0.15, 0.2) is 60.7 Å². The lowest BCUT2D eigenvalue weighted by atomic mass is 9.87. The third-order valence-electron chi connectivity index (χ3n) is 4.79. The lowest BCUT2D eigenvalue weighted by Gasteiger charge is -2.19. The molecule has 1 fully saturated rings. The van der Waals surface area contributed by atoms with Crippen LogP contribution >= 0.6 is 0 Å². The lowest BCUT2D eigenvalue weighted by molar-refractivity contribution is 0.0610. The molecule has 0 radical (unpaired) electrons. The molecule has 3 rings (SSSR count). The zero-order chi connectivity index (χ0) is 20.1. The normalized spacial score (nSPS) is 22.1. The highest BCUT2D eigenvalue weighted by molar-refractivity contribution is 5.40. The molecule has 2 aromatic rings. The van der Waals surface area contributed by atoms with E-state index in [2.05, 4.69) is 44.7 Å². The predicted octanol–water partition coefficient (Wildman–Crippen LogP) is 4.41. The van der Waals surface area contributed by atoms with Gasteiger partial charge in [0, 0.05) is 5.56 Å². The van der Waals surface area contributed by atoms with E-state index in [1.807, 2.05) is 49.4 Å². The van der Waals surface area contributed by atoms with Gasteiger partial charge < -0.3 is 14.6 Å². The van der Waals surface area contributed by atoms with Gasteiger partial charge in [0.15, 0.2) is 6.10 Å². The quantitative estimate of drug-likeness (QED) is 0.807. The highest BCUT2D eigenvalue weighted by Crippen LogP contribution is 2.23. The number of rotatable bonds is 3. The van der Waals surface area contributed by atoms with Crippen molar-refractivity contribution in [2.24, 2.45) is 0 Å². The lowest BCUT2D eigenvalue weighted by Crippen LogP contribution is -2.34. The summed E-state index contributed by atoms with van der Waals surface area (Å²) in [6.07, 6.45) is 2.20. The Hall–Kier alpha value is -2.54. The van der Waals surface area contributed by atoms with Gasteiger partial charge in [0.1, 0.15) is 18.0 Å². The van der Waals surface area contributed by atoms with Crippen LogP contribution in [-0.2, 0) is 10.2 Å². The van der Waals surface area contributed by atoms with E-state index in [0.717, 1.165) is 16.9 Å². The van der Waals surface area contributed by atoms with Gasteiger partial charge in [-0.2, -0.15) is 0 Å². The van der Waals surface area contributed by atoms with Crippen molar-refractivity contribution in [2.45, 2.75) is 51.4 Å². The van der Waals surface area contributed by atoms with E-state index >= 15 is 0 Å². The molecule has 3 heteroatoms. The first-order chi connectivity index (χ1) is 13.3. The number of hydrogen-bond acceptors (Lipinski definition) is 3. The number of benzene rings is 2. The maximum atomic E-state index is 10.2. The van der Waals surface area contributed by atoms with Gasteiger partial charge >= 0.3 is 0 Å². The molecule has 0 aromatic heterocycles. The maximum absolute atomic E-state index is 10.2. The standard InChI is InChI=1S/C25H28O3/c1-18-9-15-21(16-10-18)28-24-22(26)17-27-23(24)8-6-5-7-19-11-13-20(14-12-19)25(2,3)4/h6,8-16,22-24,26H,17H2,1-4H3/b8-6+/t22-,23-,24-/m1/s1. The summed E-state index contributed by atoms with van der Waals surface area (Å²) in [5, 5.41) is 10.2. The Morgan fingerprint density at radius 1 is 1.07 bits per heavy atom. The molecule has 3 nitrogen and oxygen atoms in total. The van der Waals surface area contributed by atoms with E-state index in [1.165, 1.54) is 5.56 Å². The maximum Gasteiger partial charge on any atom is 0.156 e. The van der Waals surface area contributed by atoms with Crippen LogP contribution in [0.5, 0.6) is 5.75 Å². The predicted molar refractivity (Wildman–Crippen MR) is 113 cm³/mol. The highest BCUT2D eigenvalue weighted by Gasteiger charge is 2.36. The first-order valence-corrected chi connectivity index (χ1v) is 9.65. The van der Waals surface area contributed by atoms with Gasteiger partial charge in [0.25, 0.3) is 0 Å². The van der Waals surface area contributed by atoms with Crippen LogP contribution in [-0.4, -0.2) is 30.0 Å². The molecule has 0 bridgehead atoms. The summed E-state index contributed by atoms with van der Waals surface area (Å²) in [5.41, 5.74) is 3.56. The Morgan fingerprint density at radius 2 is 1.75 bits per heavy atom. The summed E-state index contributed by atoms with van der Waals surface area (Å²) in [6.45, 7) is 8.87. The van der Waals surface area contributed by atoms with Crippen LogP contribution in [0.3, 0.4) is 0 Å². The molecule has 28 heavy (non-hydrogen) atoms. The number of aliphatic hydroxyl groups is 1. The van der Waals surface area contributed by atoms with Crippen molar-refractivity contribution in [1.29, 1.82) is 0 Å². The monoisotopic (exact) mass is 376 g/mol. The summed E-state index contributed by atoms with van der Waals surface area (Å²) >= 11 is 0. The number of aryl methyl sites for hydroxylation is 1. The van der Waals surface area contributed by atoms with Crippen molar-refractivity contribution in [1.82, 2.24) is 0 Å². The van der Waals surface area contributed by atoms with Crippen LogP contribution in [0.2, 0.25) is 0 Å². The van der Waals surface area contributed by atoms with Crippen molar-refractivity contribution in [3.8, 4) is 17.6 Å². The van der Waals surface area contributed by atoms with E-state index in [4.69, 9.17) is 9.47 Å². The molecular weight excluding hydrogens is 348 g/mol. The van der Waals surface area contributed by atoms with Gasteiger partial charge in [-0.05, 0) is 54.3 Å². The zero-order valence-electron chi connectivity index (χ0n) is 17.0. The van der Waals surface area contributed by atoms with Crippen molar-refractivity contribution in [3.63, 3.8) is 0 Å². The number of aliphatic hydroxyl groups excluding tert-OH is 1. The minimum atomic E-state index is -0.658. The van der Waals surface area contributed by atoms with Crippen molar-refractivity contribution >= 4 is 0 Å². The summed E-state index contributed by atoms with van der Waals surface area (Å²) in [7, 11) is 0. The first-order valence-electron chi connectivity index (χ1n) is 9.65. The molecule has 3 atom stereocenters. The minimum absolute atomic E-state index is 0.138. The van der Waals surface area contributed by atoms with E-state index in [1.54, 1.807) is 6.08 Å². The van der Waals surface area contributed by atoms with Gasteiger partial charge in [0.2, 0.25) is 0 Å². The molecule has 2 aromatic carbocycles. The summed E-state index contributed by atoms with van der Waals surface area (Å²) in [5.74, 6) is 6.90. The van der Waals surface area contributed by atoms with Crippen molar-refractivity contribution in [2.75, 3.05) is 6.61 Å². The second-order valence-electron chi connectivity index (χ2n) is 8.22. The summed E-state index contributed by atoms with van der Waals surface area (Å²) in [4.78, 5) is 0. The average molecular weight is 376 g/mol. The van der Waals surface area contributed by atoms with Gasteiger partial charge in [0.05, 0.1) is 6.61 Å². The zero-order valence-corrected chi connectivity index (χ0v) is 17.0. The molecule has 146 valence electrons. The molecule has 1 aliphatic rings. The van der Waals surface area contributed by atoms with Gasteiger partial charge in [-0.25, -0.2) is 0 Å². The topological polar surface area (TPSA) is 38.7 Å². The van der Waals surface area contributed by atoms with Crippen molar-refractivity contribution < 1.29 is 14.6 Å². The Balaban J connectivity index is 1.63. The first kappa shape index (κ1) is 20.2. The van der Waals surface area contributed by atoms with Crippen molar-refractivity contribution in [3.05, 3.63) is 77.4 Å². The smallest absolute Gasteiger partial charge is 0.156 e. The van der Waals surface area contributed by atoms with E-state index in [-0.39, 0.29) is 18.1 Å². The van der Waals surface area contributed by atoms with Gasteiger partial charge in [-0.3, -0.25) is 0 Å². The van der Waals surface area contributed by atoms with E-state index in [0.29, 0.717) is 0 Å². The fourth-order valence-corrected chi connectivity index (χ4v) is 3.02. The number of allylic oxidation sites excluding steroid dienone is 1. The second kappa shape index (κ2) is 8.65. The Bertz CT molecular complexity index is 861. The molecule has 0 amide bonds. The Labute approximate surface area is 168 Å². The van der Waals surface area contributed by atoms with E-state index in [9.17, 15) is 5.11 Å². The molecule has 0 spiro atoms. The number of hydrogen-bond donors (Lipinski definition) is 1. The third-order valence-corrected chi connectivity index (χ3v) is 4.79. The Morgan fingerprint density at radius 3 is 2.39 bits per heavy atom. The molecule has 1 N–H and O–H groups in total. The fourth-order valence-electron chi connectivity index (χ4n) is 3.02. The summed E-state index contributed by atoms with van der Waals surface area (Å²) < 4.78 is 11.6. The van der Waals surface area contributed by atoms with Crippen LogP contribution in [0.1, 0.15) is 37.5 Å². The second-order valence-corrected chi connectivity index (χ2v) is 8.22. The van der Waals surface area contributed by atoms with Gasteiger partial charge in [-0.1, -0.05) is 62.4 Å². The van der Waals surface area contributed by atoms with Crippen LogP contribution in [0.25, 0.3) is 0 Å². The fraction of sp³-hybridized carbons (Fsp3) is 0.360. The largest absolute Gasteiger partial charge is 0.485 e.